The lowest BCUT2D eigenvalue weighted by atomic mass is 10.1. The average molecular weight is 378 g/mol. The standard InChI is InChI=1S/C22H22N2O4/c23-20(22(26)27)13-24-21(25)12-15-8-10-18(11-9-15)28-14-17-6-3-5-16-4-1-2-7-19(16)17/h1-11,20H,12-14,23H2,(H,24,25)(H,26,27)/t20-/m0/s1. The van der Waals surface area contributed by atoms with Crippen LogP contribution in [0.15, 0.2) is 66.7 Å². The van der Waals surface area contributed by atoms with E-state index in [9.17, 15) is 9.59 Å². The average Bonchev–Trinajstić information content (AvgIpc) is 2.71. The van der Waals surface area contributed by atoms with Crippen molar-refractivity contribution in [3.63, 3.8) is 0 Å². The van der Waals surface area contributed by atoms with Crippen LogP contribution in [0.25, 0.3) is 10.8 Å². The van der Waals surface area contributed by atoms with E-state index in [0.717, 1.165) is 16.5 Å². The minimum Gasteiger partial charge on any atom is -0.489 e. The molecule has 0 bridgehead atoms. The molecule has 0 radical (unpaired) electrons. The van der Waals surface area contributed by atoms with Gasteiger partial charge in [-0.25, -0.2) is 0 Å². The van der Waals surface area contributed by atoms with Crippen LogP contribution >= 0.6 is 0 Å². The summed E-state index contributed by atoms with van der Waals surface area (Å²) >= 11 is 0. The minimum absolute atomic E-state index is 0.0968. The summed E-state index contributed by atoms with van der Waals surface area (Å²) < 4.78 is 5.88. The zero-order valence-electron chi connectivity index (χ0n) is 15.3. The largest absolute Gasteiger partial charge is 0.489 e. The number of benzene rings is 3. The van der Waals surface area contributed by atoms with Gasteiger partial charge in [0.2, 0.25) is 5.91 Å². The molecule has 0 unspecified atom stereocenters. The maximum atomic E-state index is 11.9. The smallest absolute Gasteiger partial charge is 0.322 e. The zero-order chi connectivity index (χ0) is 19.9. The molecule has 6 heteroatoms. The van der Waals surface area contributed by atoms with Crippen LogP contribution in [-0.4, -0.2) is 29.6 Å². The van der Waals surface area contributed by atoms with Crippen molar-refractivity contribution in [2.24, 2.45) is 5.73 Å². The summed E-state index contributed by atoms with van der Waals surface area (Å²) in [5.41, 5.74) is 7.28. The molecular weight excluding hydrogens is 356 g/mol. The first-order chi connectivity index (χ1) is 13.5. The first-order valence-corrected chi connectivity index (χ1v) is 8.96. The number of fused-ring (bicyclic) bond motifs is 1. The molecule has 3 aromatic carbocycles. The van der Waals surface area contributed by atoms with Crippen LogP contribution in [0.3, 0.4) is 0 Å². The van der Waals surface area contributed by atoms with Crippen LogP contribution in [-0.2, 0) is 22.6 Å². The first-order valence-electron chi connectivity index (χ1n) is 8.96. The van der Waals surface area contributed by atoms with Crippen LogP contribution in [0.5, 0.6) is 5.75 Å². The summed E-state index contributed by atoms with van der Waals surface area (Å²) in [5, 5.41) is 13.6. The van der Waals surface area contributed by atoms with Gasteiger partial charge < -0.3 is 20.9 Å². The van der Waals surface area contributed by atoms with E-state index in [1.165, 1.54) is 5.39 Å². The Balaban J connectivity index is 1.54. The predicted molar refractivity (Wildman–Crippen MR) is 107 cm³/mol. The van der Waals surface area contributed by atoms with Gasteiger partial charge in [-0.15, -0.1) is 0 Å². The molecule has 0 spiro atoms. The van der Waals surface area contributed by atoms with Crippen molar-refractivity contribution in [1.29, 1.82) is 0 Å². The lowest BCUT2D eigenvalue weighted by Gasteiger charge is -2.10. The van der Waals surface area contributed by atoms with Gasteiger partial charge in [0, 0.05) is 6.54 Å². The number of amides is 1. The third-order valence-corrected chi connectivity index (χ3v) is 4.40. The SMILES string of the molecule is N[C@@H](CNC(=O)Cc1ccc(OCc2cccc3ccccc23)cc1)C(=O)O. The highest BCUT2D eigenvalue weighted by Crippen LogP contribution is 2.21. The number of hydrogen-bond acceptors (Lipinski definition) is 4. The second-order valence-electron chi connectivity index (χ2n) is 6.50. The van der Waals surface area contributed by atoms with E-state index in [1.54, 1.807) is 0 Å². The Hall–Kier alpha value is -3.38. The van der Waals surface area contributed by atoms with Gasteiger partial charge >= 0.3 is 5.97 Å². The molecule has 0 aliphatic carbocycles. The molecule has 6 nitrogen and oxygen atoms in total. The van der Waals surface area contributed by atoms with Crippen LogP contribution in [0.1, 0.15) is 11.1 Å². The van der Waals surface area contributed by atoms with Crippen LogP contribution in [0.4, 0.5) is 0 Å². The van der Waals surface area contributed by atoms with E-state index in [-0.39, 0.29) is 18.9 Å². The fourth-order valence-corrected chi connectivity index (χ4v) is 2.84. The number of carbonyl (C=O) groups is 2. The normalized spacial score (nSPS) is 11.8. The first kappa shape index (κ1) is 19.4. The second kappa shape index (κ2) is 9.01. The summed E-state index contributed by atoms with van der Waals surface area (Å²) in [5.74, 6) is -0.709. The summed E-state index contributed by atoms with van der Waals surface area (Å²) in [7, 11) is 0. The fraction of sp³-hybridized carbons (Fsp3) is 0.182. The van der Waals surface area contributed by atoms with Crippen LogP contribution < -0.4 is 15.8 Å². The summed E-state index contributed by atoms with van der Waals surface area (Å²) in [4.78, 5) is 22.5. The van der Waals surface area contributed by atoms with E-state index < -0.39 is 12.0 Å². The van der Waals surface area contributed by atoms with Gasteiger partial charge in [0.05, 0.1) is 6.42 Å². The molecule has 0 aromatic heterocycles. The number of carboxylic acids is 1. The number of carbonyl (C=O) groups excluding carboxylic acids is 1. The Kier molecular flexibility index (Phi) is 6.24. The Labute approximate surface area is 162 Å². The maximum Gasteiger partial charge on any atom is 0.322 e. The molecule has 0 fully saturated rings. The van der Waals surface area contributed by atoms with Gasteiger partial charge in [-0.2, -0.15) is 0 Å². The Morgan fingerprint density at radius 1 is 1.00 bits per heavy atom. The quantitative estimate of drug-likeness (QED) is 0.559. The third kappa shape index (κ3) is 5.08. The van der Waals surface area contributed by atoms with Gasteiger partial charge in [0.15, 0.2) is 0 Å². The van der Waals surface area contributed by atoms with Gasteiger partial charge in [-0.1, -0.05) is 54.6 Å². The number of nitrogens with one attached hydrogen (secondary N) is 1. The van der Waals surface area contributed by atoms with Gasteiger partial charge in [-0.3, -0.25) is 9.59 Å². The number of hydrogen-bond donors (Lipinski definition) is 3. The molecule has 0 heterocycles. The second-order valence-corrected chi connectivity index (χ2v) is 6.50. The van der Waals surface area contributed by atoms with E-state index in [2.05, 4.69) is 23.5 Å². The van der Waals surface area contributed by atoms with E-state index in [1.807, 2.05) is 48.5 Å². The highest BCUT2D eigenvalue weighted by atomic mass is 16.5. The van der Waals surface area contributed by atoms with Crippen molar-refractivity contribution < 1.29 is 19.4 Å². The zero-order valence-corrected chi connectivity index (χ0v) is 15.3. The molecule has 1 amide bonds. The van der Waals surface area contributed by atoms with Gasteiger partial charge in [0.1, 0.15) is 18.4 Å². The van der Waals surface area contributed by atoms with Gasteiger partial charge in [0.25, 0.3) is 0 Å². The van der Waals surface area contributed by atoms with Crippen molar-refractivity contribution >= 4 is 22.6 Å². The highest BCUT2D eigenvalue weighted by Gasteiger charge is 2.12. The minimum atomic E-state index is -1.15. The molecule has 3 aromatic rings. The molecule has 0 aliphatic rings. The molecule has 3 rings (SSSR count). The number of aliphatic carboxylic acids is 1. The number of rotatable bonds is 8. The molecule has 4 N–H and O–H groups in total. The Bertz CT molecular complexity index is 964. The van der Waals surface area contributed by atoms with E-state index in [0.29, 0.717) is 12.4 Å². The lowest BCUT2D eigenvalue weighted by Crippen LogP contribution is -2.42. The Morgan fingerprint density at radius 2 is 1.71 bits per heavy atom. The molecule has 144 valence electrons. The third-order valence-electron chi connectivity index (χ3n) is 4.40. The van der Waals surface area contributed by atoms with Crippen molar-refractivity contribution in [2.75, 3.05) is 6.54 Å². The van der Waals surface area contributed by atoms with Crippen molar-refractivity contribution in [3.05, 3.63) is 77.9 Å². The van der Waals surface area contributed by atoms with Crippen molar-refractivity contribution in [2.45, 2.75) is 19.1 Å². The topological polar surface area (TPSA) is 102 Å². The number of nitrogens with two attached hydrogens (primary N) is 1. The highest BCUT2D eigenvalue weighted by molar-refractivity contribution is 5.85. The molecular formula is C22H22N2O4. The van der Waals surface area contributed by atoms with Crippen LogP contribution in [0.2, 0.25) is 0 Å². The number of ether oxygens (including phenoxy) is 1. The fourth-order valence-electron chi connectivity index (χ4n) is 2.84. The molecule has 0 saturated carbocycles. The van der Waals surface area contributed by atoms with Crippen LogP contribution in [0, 0.1) is 0 Å². The summed E-state index contributed by atoms with van der Waals surface area (Å²) in [6.07, 6.45) is 0.149. The molecule has 0 aliphatic heterocycles. The van der Waals surface area contributed by atoms with E-state index >= 15 is 0 Å². The molecule has 1 atom stereocenters. The van der Waals surface area contributed by atoms with E-state index in [4.69, 9.17) is 15.6 Å². The summed E-state index contributed by atoms with van der Waals surface area (Å²) in [6, 6.07) is 20.5. The molecule has 28 heavy (non-hydrogen) atoms. The maximum absolute atomic E-state index is 11.9. The molecule has 0 saturated heterocycles. The van der Waals surface area contributed by atoms with Crippen molar-refractivity contribution in [1.82, 2.24) is 5.32 Å². The van der Waals surface area contributed by atoms with Gasteiger partial charge in [-0.05, 0) is 34.0 Å². The monoisotopic (exact) mass is 378 g/mol. The summed E-state index contributed by atoms with van der Waals surface area (Å²) in [6.45, 7) is 0.356. The predicted octanol–water partition coefficient (Wildman–Crippen LogP) is 2.49. The lowest BCUT2D eigenvalue weighted by molar-refractivity contribution is -0.138. The number of carboxylic acid groups (broad SMARTS) is 1. The van der Waals surface area contributed by atoms with Crippen molar-refractivity contribution in [3.8, 4) is 5.75 Å². The Morgan fingerprint density at radius 3 is 2.46 bits per heavy atom.